The number of ether oxygens (including phenoxy) is 1. The minimum atomic E-state index is -0.452. The Bertz CT molecular complexity index is 531. The predicted octanol–water partition coefficient (Wildman–Crippen LogP) is 5.26. The zero-order valence-electron chi connectivity index (χ0n) is 16.3. The van der Waals surface area contributed by atoms with Crippen LogP contribution in [0.3, 0.4) is 0 Å². The van der Waals surface area contributed by atoms with Crippen molar-refractivity contribution < 1.29 is 9.53 Å². The molecule has 24 heavy (non-hydrogen) atoms. The molecule has 136 valence electrons. The predicted molar refractivity (Wildman–Crippen MR) is 102 cm³/mol. The monoisotopic (exact) mass is 334 g/mol. The quantitative estimate of drug-likeness (QED) is 0.669. The molecule has 0 fully saturated rings. The summed E-state index contributed by atoms with van der Waals surface area (Å²) >= 11 is 0. The van der Waals surface area contributed by atoms with Crippen molar-refractivity contribution in [1.29, 1.82) is 0 Å². The number of rotatable bonds is 7. The molecule has 0 heterocycles. The summed E-state index contributed by atoms with van der Waals surface area (Å²) in [4.78, 5) is 11.6. The second-order valence-electron chi connectivity index (χ2n) is 7.87. The van der Waals surface area contributed by atoms with E-state index < -0.39 is 5.60 Å². The summed E-state index contributed by atoms with van der Waals surface area (Å²) < 4.78 is 5.22. The first-order valence-electron chi connectivity index (χ1n) is 8.94. The van der Waals surface area contributed by atoms with Gasteiger partial charge in [0.2, 0.25) is 0 Å². The average molecular weight is 335 g/mol. The number of nitrogens with one attached hydrogen (secondary N) is 2. The van der Waals surface area contributed by atoms with E-state index in [0.717, 1.165) is 13.0 Å². The van der Waals surface area contributed by atoms with Crippen LogP contribution in [0.4, 0.5) is 10.5 Å². The van der Waals surface area contributed by atoms with E-state index in [9.17, 15) is 4.79 Å². The Hall–Kier alpha value is -1.71. The molecule has 1 amide bonds. The lowest BCUT2D eigenvalue weighted by Crippen LogP contribution is -2.33. The van der Waals surface area contributed by atoms with E-state index >= 15 is 0 Å². The summed E-state index contributed by atoms with van der Waals surface area (Å²) in [5, 5.41) is 6.28. The Morgan fingerprint density at radius 3 is 2.29 bits per heavy atom. The van der Waals surface area contributed by atoms with Gasteiger partial charge in [0, 0.05) is 18.8 Å². The van der Waals surface area contributed by atoms with Crippen molar-refractivity contribution in [2.24, 2.45) is 0 Å². The van der Waals surface area contributed by atoms with Gasteiger partial charge in [0.1, 0.15) is 5.60 Å². The highest BCUT2D eigenvalue weighted by Crippen LogP contribution is 2.28. The SMILES string of the molecule is CC(C)c1ccc(NCCCNC(=O)OC(C)(C)C)c(C(C)C)c1. The van der Waals surface area contributed by atoms with Crippen molar-refractivity contribution in [3.05, 3.63) is 29.3 Å². The molecule has 0 bridgehead atoms. The van der Waals surface area contributed by atoms with Crippen LogP contribution in [-0.2, 0) is 4.74 Å². The highest BCUT2D eigenvalue weighted by molar-refractivity contribution is 5.67. The van der Waals surface area contributed by atoms with E-state index in [1.165, 1.54) is 16.8 Å². The Morgan fingerprint density at radius 2 is 1.75 bits per heavy atom. The van der Waals surface area contributed by atoms with Crippen molar-refractivity contribution in [3.63, 3.8) is 0 Å². The molecule has 1 aromatic carbocycles. The third-order valence-corrected chi connectivity index (χ3v) is 3.70. The molecule has 1 aromatic rings. The van der Waals surface area contributed by atoms with Crippen LogP contribution in [0.25, 0.3) is 0 Å². The molecule has 0 atom stereocenters. The molecule has 1 rings (SSSR count). The van der Waals surface area contributed by atoms with E-state index in [0.29, 0.717) is 18.4 Å². The Balaban J connectivity index is 2.46. The van der Waals surface area contributed by atoms with Gasteiger partial charge in [0.05, 0.1) is 0 Å². The van der Waals surface area contributed by atoms with Crippen LogP contribution in [0.15, 0.2) is 18.2 Å². The summed E-state index contributed by atoms with van der Waals surface area (Å²) in [6.45, 7) is 15.9. The van der Waals surface area contributed by atoms with Crippen LogP contribution in [0.5, 0.6) is 0 Å². The number of amides is 1. The molecule has 4 nitrogen and oxygen atoms in total. The van der Waals surface area contributed by atoms with Crippen LogP contribution >= 0.6 is 0 Å². The highest BCUT2D eigenvalue weighted by Gasteiger charge is 2.15. The largest absolute Gasteiger partial charge is 0.444 e. The van der Waals surface area contributed by atoms with E-state index in [4.69, 9.17) is 4.74 Å². The summed E-state index contributed by atoms with van der Waals surface area (Å²) in [7, 11) is 0. The third-order valence-electron chi connectivity index (χ3n) is 3.70. The normalized spacial score (nSPS) is 11.7. The first-order valence-corrected chi connectivity index (χ1v) is 8.94. The van der Waals surface area contributed by atoms with Gasteiger partial charge in [0.25, 0.3) is 0 Å². The Kier molecular flexibility index (Phi) is 7.59. The topological polar surface area (TPSA) is 50.4 Å². The van der Waals surface area contributed by atoms with Crippen LogP contribution in [-0.4, -0.2) is 24.8 Å². The van der Waals surface area contributed by atoms with Gasteiger partial charge in [-0.2, -0.15) is 0 Å². The van der Waals surface area contributed by atoms with Gasteiger partial charge in [-0.1, -0.05) is 39.8 Å². The van der Waals surface area contributed by atoms with Gasteiger partial charge in [-0.3, -0.25) is 0 Å². The fraction of sp³-hybridized carbons (Fsp3) is 0.650. The van der Waals surface area contributed by atoms with Gasteiger partial charge in [-0.25, -0.2) is 4.79 Å². The molecule has 0 aliphatic rings. The number of carbonyl (C=O) groups is 1. The van der Waals surface area contributed by atoms with Crippen LogP contribution in [0.1, 0.15) is 77.8 Å². The van der Waals surface area contributed by atoms with Gasteiger partial charge in [0.15, 0.2) is 0 Å². The lowest BCUT2D eigenvalue weighted by atomic mass is 9.94. The highest BCUT2D eigenvalue weighted by atomic mass is 16.6. The van der Waals surface area contributed by atoms with Gasteiger partial charge in [-0.05, 0) is 56.2 Å². The lowest BCUT2D eigenvalue weighted by Gasteiger charge is -2.20. The van der Waals surface area contributed by atoms with E-state index in [1.54, 1.807) is 0 Å². The second kappa shape index (κ2) is 8.95. The molecule has 0 radical (unpaired) electrons. The second-order valence-corrected chi connectivity index (χ2v) is 7.87. The van der Waals surface area contributed by atoms with E-state index in [2.05, 4.69) is 56.5 Å². The number of alkyl carbamates (subject to hydrolysis) is 1. The number of hydrogen-bond donors (Lipinski definition) is 2. The van der Waals surface area contributed by atoms with Crippen LogP contribution in [0.2, 0.25) is 0 Å². The Labute approximate surface area is 147 Å². The van der Waals surface area contributed by atoms with Crippen molar-refractivity contribution >= 4 is 11.8 Å². The van der Waals surface area contributed by atoms with E-state index in [-0.39, 0.29) is 6.09 Å². The number of anilines is 1. The average Bonchev–Trinajstić information content (AvgIpc) is 2.44. The van der Waals surface area contributed by atoms with Gasteiger partial charge in [-0.15, -0.1) is 0 Å². The summed E-state index contributed by atoms with van der Waals surface area (Å²) in [5.41, 5.74) is 3.45. The van der Waals surface area contributed by atoms with Gasteiger partial charge < -0.3 is 15.4 Å². The van der Waals surface area contributed by atoms with Crippen LogP contribution < -0.4 is 10.6 Å². The minimum absolute atomic E-state index is 0.355. The molecule has 2 N–H and O–H groups in total. The van der Waals surface area contributed by atoms with Gasteiger partial charge >= 0.3 is 6.09 Å². The third kappa shape index (κ3) is 7.24. The van der Waals surface area contributed by atoms with Crippen molar-refractivity contribution in [2.75, 3.05) is 18.4 Å². The van der Waals surface area contributed by atoms with E-state index in [1.807, 2.05) is 20.8 Å². The maximum atomic E-state index is 11.6. The number of hydrogen-bond acceptors (Lipinski definition) is 3. The first-order chi connectivity index (χ1) is 11.1. The van der Waals surface area contributed by atoms with Crippen molar-refractivity contribution in [1.82, 2.24) is 5.32 Å². The molecular formula is C20H34N2O2. The smallest absolute Gasteiger partial charge is 0.407 e. The number of benzene rings is 1. The molecule has 0 saturated heterocycles. The molecule has 0 spiro atoms. The molecule has 0 unspecified atom stereocenters. The maximum absolute atomic E-state index is 11.6. The standard InChI is InChI=1S/C20H34N2O2/c1-14(2)16-9-10-18(17(13-16)15(3)4)21-11-8-12-22-19(23)24-20(5,6)7/h9-10,13-15,21H,8,11-12H2,1-7H3,(H,22,23). The minimum Gasteiger partial charge on any atom is -0.444 e. The molecule has 0 saturated carbocycles. The zero-order valence-corrected chi connectivity index (χ0v) is 16.3. The fourth-order valence-electron chi connectivity index (χ4n) is 2.40. The fourth-order valence-corrected chi connectivity index (χ4v) is 2.40. The molecule has 0 aromatic heterocycles. The summed E-state index contributed by atoms with van der Waals surface area (Å²) in [6.07, 6.45) is 0.495. The lowest BCUT2D eigenvalue weighted by molar-refractivity contribution is 0.0528. The van der Waals surface area contributed by atoms with Crippen molar-refractivity contribution in [3.8, 4) is 0 Å². The molecule has 0 aliphatic carbocycles. The van der Waals surface area contributed by atoms with Crippen molar-refractivity contribution in [2.45, 2.75) is 72.3 Å². The Morgan fingerprint density at radius 1 is 1.08 bits per heavy atom. The molecule has 4 heteroatoms. The maximum Gasteiger partial charge on any atom is 0.407 e. The molecule has 0 aliphatic heterocycles. The number of carbonyl (C=O) groups excluding carboxylic acids is 1. The zero-order chi connectivity index (χ0) is 18.3. The van der Waals surface area contributed by atoms with Crippen LogP contribution in [0, 0.1) is 0 Å². The summed E-state index contributed by atoms with van der Waals surface area (Å²) in [6, 6.07) is 6.67. The molecular weight excluding hydrogens is 300 g/mol. The summed E-state index contributed by atoms with van der Waals surface area (Å²) in [5.74, 6) is 1.01. The first kappa shape index (κ1) is 20.3.